The van der Waals surface area contributed by atoms with Gasteiger partial charge in [-0.2, -0.15) is 0 Å². The second-order valence-corrected chi connectivity index (χ2v) is 6.41. The Morgan fingerprint density at radius 2 is 1.90 bits per heavy atom. The number of ether oxygens (including phenoxy) is 1. The number of benzene rings is 2. The zero-order chi connectivity index (χ0) is 14.8. The molecule has 1 N–H and O–H groups in total. The van der Waals surface area contributed by atoms with Crippen molar-refractivity contribution in [1.82, 2.24) is 4.98 Å². The molecule has 0 radical (unpaired) electrons. The first-order valence-electron chi connectivity index (χ1n) is 6.70. The van der Waals surface area contributed by atoms with Crippen LogP contribution in [0.2, 0.25) is 5.02 Å². The number of aromatic nitrogens is 1. The summed E-state index contributed by atoms with van der Waals surface area (Å²) in [7, 11) is 0. The molecular weight excluding hydrogens is 304 g/mol. The Balaban J connectivity index is 1.78. The molecule has 1 heterocycles. The van der Waals surface area contributed by atoms with Crippen molar-refractivity contribution in [3.8, 4) is 5.75 Å². The van der Waals surface area contributed by atoms with Gasteiger partial charge in [-0.3, -0.25) is 0 Å². The number of thiazole rings is 1. The third-order valence-corrected chi connectivity index (χ3v) is 4.01. The van der Waals surface area contributed by atoms with Crippen molar-refractivity contribution < 1.29 is 4.74 Å². The molecule has 1 aromatic heterocycles. The van der Waals surface area contributed by atoms with Crippen molar-refractivity contribution >= 4 is 44.0 Å². The van der Waals surface area contributed by atoms with Crippen molar-refractivity contribution in [3.63, 3.8) is 0 Å². The fraction of sp³-hybridized carbons (Fsp3) is 0.188. The molecule has 108 valence electrons. The van der Waals surface area contributed by atoms with Gasteiger partial charge in [0.1, 0.15) is 5.75 Å². The summed E-state index contributed by atoms with van der Waals surface area (Å²) in [6, 6.07) is 13.6. The van der Waals surface area contributed by atoms with Gasteiger partial charge in [0, 0.05) is 10.7 Å². The van der Waals surface area contributed by atoms with Crippen LogP contribution in [0.25, 0.3) is 10.2 Å². The number of halogens is 1. The molecule has 0 aliphatic heterocycles. The van der Waals surface area contributed by atoms with E-state index in [0.717, 1.165) is 26.8 Å². The van der Waals surface area contributed by atoms with Gasteiger partial charge in [-0.1, -0.05) is 22.9 Å². The third kappa shape index (κ3) is 3.46. The zero-order valence-corrected chi connectivity index (χ0v) is 13.3. The van der Waals surface area contributed by atoms with E-state index in [4.69, 9.17) is 16.3 Å². The van der Waals surface area contributed by atoms with E-state index in [1.807, 2.05) is 56.3 Å². The van der Waals surface area contributed by atoms with E-state index < -0.39 is 0 Å². The molecule has 0 aliphatic carbocycles. The molecule has 0 spiro atoms. The van der Waals surface area contributed by atoms with Gasteiger partial charge < -0.3 is 10.1 Å². The number of anilines is 2. The average molecular weight is 319 g/mol. The normalized spacial score (nSPS) is 11.0. The first kappa shape index (κ1) is 14.2. The van der Waals surface area contributed by atoms with E-state index in [2.05, 4.69) is 10.3 Å². The minimum absolute atomic E-state index is 0.179. The molecule has 0 atom stereocenters. The van der Waals surface area contributed by atoms with Crippen molar-refractivity contribution in [3.05, 3.63) is 47.5 Å². The molecule has 0 aliphatic rings. The molecule has 0 amide bonds. The Morgan fingerprint density at radius 3 is 2.62 bits per heavy atom. The standard InChI is InChI=1S/C16H15ClN2OS/c1-10(2)20-13-6-4-12(5-7-13)18-16-19-14-9-11(17)3-8-15(14)21-16/h3-10H,1-2H3,(H,18,19). The van der Waals surface area contributed by atoms with Crippen molar-refractivity contribution in [2.24, 2.45) is 0 Å². The summed E-state index contributed by atoms with van der Waals surface area (Å²) >= 11 is 7.58. The molecule has 0 unspecified atom stereocenters. The molecule has 3 nitrogen and oxygen atoms in total. The Kier molecular flexibility index (Phi) is 3.99. The molecule has 0 saturated carbocycles. The summed E-state index contributed by atoms with van der Waals surface area (Å²) < 4.78 is 6.74. The Bertz CT molecular complexity index is 753. The predicted molar refractivity (Wildman–Crippen MR) is 90.1 cm³/mol. The smallest absolute Gasteiger partial charge is 0.188 e. The lowest BCUT2D eigenvalue weighted by Gasteiger charge is -2.10. The lowest BCUT2D eigenvalue weighted by molar-refractivity contribution is 0.242. The molecule has 5 heteroatoms. The molecule has 21 heavy (non-hydrogen) atoms. The molecule has 3 aromatic rings. The third-order valence-electron chi connectivity index (χ3n) is 2.83. The number of hydrogen-bond acceptors (Lipinski definition) is 4. The van der Waals surface area contributed by atoms with Gasteiger partial charge in [-0.15, -0.1) is 0 Å². The lowest BCUT2D eigenvalue weighted by atomic mass is 10.3. The highest BCUT2D eigenvalue weighted by molar-refractivity contribution is 7.22. The van der Waals surface area contributed by atoms with Gasteiger partial charge in [0.25, 0.3) is 0 Å². The van der Waals surface area contributed by atoms with E-state index >= 15 is 0 Å². The van der Waals surface area contributed by atoms with Gasteiger partial charge in [0.2, 0.25) is 0 Å². The fourth-order valence-corrected chi connectivity index (χ4v) is 3.00. The lowest BCUT2D eigenvalue weighted by Crippen LogP contribution is -2.05. The average Bonchev–Trinajstić information content (AvgIpc) is 2.82. The maximum absolute atomic E-state index is 5.98. The summed E-state index contributed by atoms with van der Waals surface area (Å²) in [5.74, 6) is 0.867. The molecule has 3 rings (SSSR count). The monoisotopic (exact) mass is 318 g/mol. The van der Waals surface area contributed by atoms with Crippen molar-refractivity contribution in [1.29, 1.82) is 0 Å². The van der Waals surface area contributed by atoms with Crippen LogP contribution < -0.4 is 10.1 Å². The van der Waals surface area contributed by atoms with Crippen LogP contribution in [-0.4, -0.2) is 11.1 Å². The van der Waals surface area contributed by atoms with Crippen LogP contribution in [0.1, 0.15) is 13.8 Å². The van der Waals surface area contributed by atoms with Crippen molar-refractivity contribution in [2.75, 3.05) is 5.32 Å². The number of nitrogens with one attached hydrogen (secondary N) is 1. The van der Waals surface area contributed by atoms with Crippen LogP contribution in [0.3, 0.4) is 0 Å². The maximum Gasteiger partial charge on any atom is 0.188 e. The van der Waals surface area contributed by atoms with Crippen LogP contribution in [0.5, 0.6) is 5.75 Å². The molecule has 0 fully saturated rings. The summed E-state index contributed by atoms with van der Waals surface area (Å²) in [5, 5.41) is 4.86. The highest BCUT2D eigenvalue weighted by Crippen LogP contribution is 2.30. The first-order chi connectivity index (χ1) is 10.1. The van der Waals surface area contributed by atoms with E-state index in [1.165, 1.54) is 0 Å². The summed E-state index contributed by atoms with van der Waals surface area (Å²) in [6.45, 7) is 4.02. The van der Waals surface area contributed by atoms with Crippen molar-refractivity contribution in [2.45, 2.75) is 20.0 Å². The second kappa shape index (κ2) is 5.92. The van der Waals surface area contributed by atoms with Crippen LogP contribution in [-0.2, 0) is 0 Å². The molecule has 2 aromatic carbocycles. The minimum atomic E-state index is 0.179. The molecule has 0 bridgehead atoms. The van der Waals surface area contributed by atoms with E-state index in [0.29, 0.717) is 5.02 Å². The zero-order valence-electron chi connectivity index (χ0n) is 11.8. The van der Waals surface area contributed by atoms with Gasteiger partial charge in [0.15, 0.2) is 5.13 Å². The Hall–Kier alpha value is -1.78. The van der Waals surface area contributed by atoms with Gasteiger partial charge in [0.05, 0.1) is 16.3 Å². The summed E-state index contributed by atoms with van der Waals surface area (Å²) in [4.78, 5) is 4.53. The Labute approximate surface area is 132 Å². The molecule has 0 saturated heterocycles. The van der Waals surface area contributed by atoms with Gasteiger partial charge in [-0.05, 0) is 56.3 Å². The van der Waals surface area contributed by atoms with Gasteiger partial charge in [-0.25, -0.2) is 4.98 Å². The number of hydrogen-bond donors (Lipinski definition) is 1. The largest absolute Gasteiger partial charge is 0.491 e. The topological polar surface area (TPSA) is 34.1 Å². The van der Waals surface area contributed by atoms with Crippen LogP contribution in [0.4, 0.5) is 10.8 Å². The Morgan fingerprint density at radius 1 is 1.14 bits per heavy atom. The van der Waals surface area contributed by atoms with Crippen LogP contribution in [0, 0.1) is 0 Å². The highest BCUT2D eigenvalue weighted by Gasteiger charge is 2.05. The highest BCUT2D eigenvalue weighted by atomic mass is 35.5. The van der Waals surface area contributed by atoms with Crippen LogP contribution in [0.15, 0.2) is 42.5 Å². The summed E-state index contributed by atoms with van der Waals surface area (Å²) in [6.07, 6.45) is 0.179. The van der Waals surface area contributed by atoms with E-state index in [9.17, 15) is 0 Å². The number of nitrogens with zero attached hydrogens (tertiary/aromatic N) is 1. The summed E-state index contributed by atoms with van der Waals surface area (Å²) in [5.41, 5.74) is 1.89. The quantitative estimate of drug-likeness (QED) is 0.691. The number of fused-ring (bicyclic) bond motifs is 1. The number of rotatable bonds is 4. The first-order valence-corrected chi connectivity index (χ1v) is 7.89. The predicted octanol–water partition coefficient (Wildman–Crippen LogP) is 5.48. The minimum Gasteiger partial charge on any atom is -0.491 e. The van der Waals surface area contributed by atoms with E-state index in [-0.39, 0.29) is 6.10 Å². The van der Waals surface area contributed by atoms with E-state index in [1.54, 1.807) is 11.3 Å². The second-order valence-electron chi connectivity index (χ2n) is 4.95. The molecular formula is C16H15ClN2OS. The SMILES string of the molecule is CC(C)Oc1ccc(Nc2nc3cc(Cl)ccc3s2)cc1. The van der Waals surface area contributed by atoms with Gasteiger partial charge >= 0.3 is 0 Å². The maximum atomic E-state index is 5.98. The van der Waals surface area contributed by atoms with Crippen LogP contribution >= 0.6 is 22.9 Å². The fourth-order valence-electron chi connectivity index (χ4n) is 1.97.